The standard InChI is InChI=1S/C20H28N2O2/c1-21-11-5-8-17(21)18-9-6-12-22(18)20(23)16-13-15(16)14-7-3-4-10-19(14)24-2/h3-4,7,10,15-18H,5-6,8-9,11-13H2,1-2H3. The average Bonchev–Trinajstić information content (AvgIpc) is 3.04. The van der Waals surface area contributed by atoms with Crippen LogP contribution in [0.15, 0.2) is 24.3 Å². The molecule has 0 spiro atoms. The van der Waals surface area contributed by atoms with Crippen molar-refractivity contribution >= 4 is 5.91 Å². The fraction of sp³-hybridized carbons (Fsp3) is 0.650. The van der Waals surface area contributed by atoms with Gasteiger partial charge in [-0.1, -0.05) is 18.2 Å². The van der Waals surface area contributed by atoms with Gasteiger partial charge in [-0.15, -0.1) is 0 Å². The predicted octanol–water partition coefficient (Wildman–Crippen LogP) is 2.88. The monoisotopic (exact) mass is 328 g/mol. The molecule has 2 heterocycles. The highest BCUT2D eigenvalue weighted by Crippen LogP contribution is 2.52. The number of nitrogens with zero attached hydrogens (tertiary/aromatic N) is 2. The average molecular weight is 328 g/mol. The summed E-state index contributed by atoms with van der Waals surface area (Å²) < 4.78 is 5.49. The van der Waals surface area contributed by atoms with Gasteiger partial charge in [0.05, 0.1) is 7.11 Å². The van der Waals surface area contributed by atoms with Gasteiger partial charge in [-0.3, -0.25) is 4.79 Å². The van der Waals surface area contributed by atoms with Crippen molar-refractivity contribution in [1.82, 2.24) is 9.80 Å². The molecule has 4 rings (SSSR count). The van der Waals surface area contributed by atoms with Crippen LogP contribution in [-0.4, -0.2) is 55.0 Å². The Morgan fingerprint density at radius 1 is 1.12 bits per heavy atom. The van der Waals surface area contributed by atoms with Crippen molar-refractivity contribution in [2.45, 2.75) is 50.1 Å². The van der Waals surface area contributed by atoms with Crippen LogP contribution in [0.25, 0.3) is 0 Å². The zero-order chi connectivity index (χ0) is 16.7. The highest BCUT2D eigenvalue weighted by atomic mass is 16.5. The highest BCUT2D eigenvalue weighted by Gasteiger charge is 2.49. The first-order chi connectivity index (χ1) is 11.7. The summed E-state index contributed by atoms with van der Waals surface area (Å²) in [7, 11) is 3.93. The molecule has 4 unspecified atom stereocenters. The van der Waals surface area contributed by atoms with E-state index in [9.17, 15) is 4.79 Å². The number of methoxy groups -OCH3 is 1. The third-order valence-electron chi connectivity index (χ3n) is 6.25. The molecule has 4 heteroatoms. The molecule has 24 heavy (non-hydrogen) atoms. The van der Waals surface area contributed by atoms with Crippen LogP contribution in [-0.2, 0) is 4.79 Å². The zero-order valence-electron chi connectivity index (χ0n) is 14.8. The van der Waals surface area contributed by atoms with Crippen molar-refractivity contribution in [2.24, 2.45) is 5.92 Å². The molecule has 1 aromatic carbocycles. The lowest BCUT2D eigenvalue weighted by molar-refractivity contribution is -0.134. The van der Waals surface area contributed by atoms with Crippen LogP contribution in [0.3, 0.4) is 0 Å². The van der Waals surface area contributed by atoms with Crippen molar-refractivity contribution in [2.75, 3.05) is 27.2 Å². The molecule has 0 bridgehead atoms. The topological polar surface area (TPSA) is 32.8 Å². The smallest absolute Gasteiger partial charge is 0.226 e. The van der Waals surface area contributed by atoms with E-state index in [4.69, 9.17) is 4.74 Å². The van der Waals surface area contributed by atoms with Crippen LogP contribution in [0.5, 0.6) is 5.75 Å². The number of amides is 1. The zero-order valence-corrected chi connectivity index (χ0v) is 14.8. The van der Waals surface area contributed by atoms with Gasteiger partial charge in [0, 0.05) is 24.5 Å². The Balaban J connectivity index is 1.46. The summed E-state index contributed by atoms with van der Waals surface area (Å²) in [6.45, 7) is 2.12. The molecule has 2 saturated heterocycles. The summed E-state index contributed by atoms with van der Waals surface area (Å²) in [5.74, 6) is 1.81. The van der Waals surface area contributed by atoms with E-state index < -0.39 is 0 Å². The van der Waals surface area contributed by atoms with E-state index in [0.29, 0.717) is 23.9 Å². The third-order valence-corrected chi connectivity index (χ3v) is 6.25. The number of benzene rings is 1. The molecule has 3 aliphatic rings. The molecular formula is C20H28N2O2. The van der Waals surface area contributed by atoms with Crippen molar-refractivity contribution in [3.8, 4) is 5.75 Å². The highest BCUT2D eigenvalue weighted by molar-refractivity contribution is 5.84. The van der Waals surface area contributed by atoms with Crippen LogP contribution in [0.1, 0.15) is 43.6 Å². The number of likely N-dealkylation sites (tertiary alicyclic amines) is 2. The molecule has 130 valence electrons. The summed E-state index contributed by atoms with van der Waals surface area (Å²) in [5.41, 5.74) is 1.20. The Morgan fingerprint density at radius 3 is 2.62 bits per heavy atom. The van der Waals surface area contributed by atoms with Crippen LogP contribution < -0.4 is 4.74 Å². The normalized spacial score (nSPS) is 33.0. The van der Waals surface area contributed by atoms with Gasteiger partial charge in [0.2, 0.25) is 5.91 Å². The minimum atomic E-state index is 0.161. The van der Waals surface area contributed by atoms with Gasteiger partial charge in [-0.25, -0.2) is 0 Å². The second-order valence-corrected chi connectivity index (χ2v) is 7.62. The number of rotatable bonds is 4. The second-order valence-electron chi connectivity index (χ2n) is 7.62. The summed E-state index contributed by atoms with van der Waals surface area (Å²) in [6.07, 6.45) is 5.82. The van der Waals surface area contributed by atoms with E-state index in [1.165, 1.54) is 31.4 Å². The lowest BCUT2D eigenvalue weighted by atomic mass is 10.0. The van der Waals surface area contributed by atoms with Crippen LogP contribution in [0, 0.1) is 5.92 Å². The van der Waals surface area contributed by atoms with Gasteiger partial charge in [0.15, 0.2) is 0 Å². The number of likely N-dealkylation sites (N-methyl/N-ethyl adjacent to an activating group) is 1. The van der Waals surface area contributed by atoms with E-state index in [1.807, 2.05) is 18.2 Å². The molecule has 0 radical (unpaired) electrons. The summed E-state index contributed by atoms with van der Waals surface area (Å²) in [6, 6.07) is 9.16. The molecule has 4 atom stereocenters. The van der Waals surface area contributed by atoms with Gasteiger partial charge >= 0.3 is 0 Å². The molecule has 1 saturated carbocycles. The minimum absolute atomic E-state index is 0.161. The maximum absolute atomic E-state index is 13.1. The fourth-order valence-corrected chi connectivity index (χ4v) is 4.89. The number of hydrogen-bond donors (Lipinski definition) is 0. The molecule has 1 amide bonds. The second kappa shape index (κ2) is 6.40. The van der Waals surface area contributed by atoms with Crippen molar-refractivity contribution in [3.05, 3.63) is 29.8 Å². The van der Waals surface area contributed by atoms with Gasteiger partial charge in [0.25, 0.3) is 0 Å². The minimum Gasteiger partial charge on any atom is -0.496 e. The number of carbonyl (C=O) groups excluding carboxylic acids is 1. The fourth-order valence-electron chi connectivity index (χ4n) is 4.89. The van der Waals surface area contributed by atoms with Gasteiger partial charge < -0.3 is 14.5 Å². The van der Waals surface area contributed by atoms with Crippen LogP contribution in [0.4, 0.5) is 0 Å². The van der Waals surface area contributed by atoms with E-state index in [2.05, 4.69) is 22.9 Å². The Kier molecular flexibility index (Phi) is 4.25. The first kappa shape index (κ1) is 15.9. The lowest BCUT2D eigenvalue weighted by Crippen LogP contribution is -2.47. The number of carbonyl (C=O) groups is 1. The third kappa shape index (κ3) is 2.71. The molecule has 0 N–H and O–H groups in total. The largest absolute Gasteiger partial charge is 0.496 e. The maximum atomic E-state index is 13.1. The number of ether oxygens (including phenoxy) is 1. The van der Waals surface area contributed by atoms with Crippen LogP contribution in [0.2, 0.25) is 0 Å². The summed E-state index contributed by atoms with van der Waals surface area (Å²) >= 11 is 0. The SMILES string of the molecule is COc1ccccc1C1CC1C(=O)N1CCCC1C1CCCN1C. The molecule has 1 aliphatic carbocycles. The molecule has 3 fully saturated rings. The summed E-state index contributed by atoms with van der Waals surface area (Å²) in [4.78, 5) is 17.8. The van der Waals surface area contributed by atoms with E-state index in [-0.39, 0.29) is 5.92 Å². The van der Waals surface area contributed by atoms with Gasteiger partial charge in [0.1, 0.15) is 5.75 Å². The van der Waals surface area contributed by atoms with Gasteiger partial charge in [-0.05, 0) is 63.2 Å². The molecule has 2 aliphatic heterocycles. The van der Waals surface area contributed by atoms with Crippen molar-refractivity contribution in [1.29, 1.82) is 0 Å². The molecule has 0 aromatic heterocycles. The Morgan fingerprint density at radius 2 is 1.88 bits per heavy atom. The predicted molar refractivity (Wildman–Crippen MR) is 94.2 cm³/mol. The first-order valence-electron chi connectivity index (χ1n) is 9.34. The Labute approximate surface area is 144 Å². The van der Waals surface area contributed by atoms with Crippen molar-refractivity contribution < 1.29 is 9.53 Å². The van der Waals surface area contributed by atoms with Crippen LogP contribution >= 0.6 is 0 Å². The lowest BCUT2D eigenvalue weighted by Gasteiger charge is -2.33. The van der Waals surface area contributed by atoms with E-state index in [1.54, 1.807) is 7.11 Å². The first-order valence-corrected chi connectivity index (χ1v) is 9.34. The molecular weight excluding hydrogens is 300 g/mol. The van der Waals surface area contributed by atoms with E-state index in [0.717, 1.165) is 25.1 Å². The Hall–Kier alpha value is -1.55. The number of hydrogen-bond acceptors (Lipinski definition) is 3. The molecule has 1 aromatic rings. The van der Waals surface area contributed by atoms with E-state index >= 15 is 0 Å². The maximum Gasteiger partial charge on any atom is 0.226 e. The Bertz CT molecular complexity index is 617. The number of para-hydroxylation sites is 1. The van der Waals surface area contributed by atoms with Crippen molar-refractivity contribution in [3.63, 3.8) is 0 Å². The molecule has 4 nitrogen and oxygen atoms in total. The van der Waals surface area contributed by atoms with Gasteiger partial charge in [-0.2, -0.15) is 0 Å². The summed E-state index contributed by atoms with van der Waals surface area (Å²) in [5, 5.41) is 0. The quantitative estimate of drug-likeness (QED) is 0.852.